The van der Waals surface area contributed by atoms with E-state index in [9.17, 15) is 5.11 Å². The van der Waals surface area contributed by atoms with Crippen LogP contribution in [0.25, 0.3) is 0 Å². The molecule has 1 N–H and O–H groups in total. The van der Waals surface area contributed by atoms with Gasteiger partial charge in [0.2, 0.25) is 0 Å². The van der Waals surface area contributed by atoms with E-state index in [1.54, 1.807) is 7.11 Å². The first kappa shape index (κ1) is 13.2. The Labute approximate surface area is 98.3 Å². The van der Waals surface area contributed by atoms with Gasteiger partial charge >= 0.3 is 0 Å². The number of rotatable bonds is 6. The highest BCUT2D eigenvalue weighted by Gasteiger charge is 2.12. The molecule has 2 atom stereocenters. The van der Waals surface area contributed by atoms with Crippen LogP contribution in [0.4, 0.5) is 0 Å². The van der Waals surface area contributed by atoms with Crippen molar-refractivity contribution in [3.63, 3.8) is 0 Å². The van der Waals surface area contributed by atoms with Crippen LogP contribution in [0.2, 0.25) is 0 Å². The van der Waals surface area contributed by atoms with Crippen LogP contribution < -0.4 is 0 Å². The maximum atomic E-state index is 10.0. The Hall–Kier alpha value is -0.860. The summed E-state index contributed by atoms with van der Waals surface area (Å²) in [4.78, 5) is 0. The molecule has 0 aromatic heterocycles. The lowest BCUT2D eigenvalue weighted by molar-refractivity contribution is 0.0559. The second kappa shape index (κ2) is 6.66. The third kappa shape index (κ3) is 3.95. The van der Waals surface area contributed by atoms with Crippen molar-refractivity contribution < 1.29 is 9.84 Å². The molecule has 2 nitrogen and oxygen atoms in total. The fraction of sp³-hybridized carbons (Fsp3) is 0.571. The fourth-order valence-electron chi connectivity index (χ4n) is 1.79. The predicted octanol–water partition coefficient (Wildman–Crippen LogP) is 3.10. The van der Waals surface area contributed by atoms with Gasteiger partial charge in [0.25, 0.3) is 0 Å². The SMILES string of the molecule is CCCc1cccc(C(O)CC(C)OC)c1. The van der Waals surface area contributed by atoms with Crippen LogP contribution in [0.1, 0.15) is 43.9 Å². The maximum absolute atomic E-state index is 10.0. The molecule has 0 bridgehead atoms. The van der Waals surface area contributed by atoms with Crippen molar-refractivity contribution in [3.05, 3.63) is 35.4 Å². The smallest absolute Gasteiger partial charge is 0.0814 e. The van der Waals surface area contributed by atoms with Gasteiger partial charge < -0.3 is 9.84 Å². The zero-order valence-electron chi connectivity index (χ0n) is 10.4. The van der Waals surface area contributed by atoms with Gasteiger partial charge in [-0.05, 0) is 24.5 Å². The van der Waals surface area contributed by atoms with Crippen molar-refractivity contribution in [1.29, 1.82) is 0 Å². The molecule has 0 aliphatic carbocycles. The highest BCUT2D eigenvalue weighted by molar-refractivity contribution is 5.25. The molecule has 1 rings (SSSR count). The first-order chi connectivity index (χ1) is 7.67. The molecule has 0 aliphatic rings. The van der Waals surface area contributed by atoms with Crippen molar-refractivity contribution in [2.75, 3.05) is 7.11 Å². The van der Waals surface area contributed by atoms with Gasteiger partial charge in [-0.3, -0.25) is 0 Å². The summed E-state index contributed by atoms with van der Waals surface area (Å²) < 4.78 is 5.16. The Kier molecular flexibility index (Phi) is 5.50. The van der Waals surface area contributed by atoms with E-state index < -0.39 is 6.10 Å². The molecule has 0 saturated heterocycles. The average molecular weight is 222 g/mol. The summed E-state index contributed by atoms with van der Waals surface area (Å²) in [5.74, 6) is 0. The van der Waals surface area contributed by atoms with Crippen LogP contribution in [-0.4, -0.2) is 18.3 Å². The molecule has 0 radical (unpaired) electrons. The summed E-state index contributed by atoms with van der Waals surface area (Å²) >= 11 is 0. The molecule has 0 aliphatic heterocycles. The van der Waals surface area contributed by atoms with Gasteiger partial charge in [-0.25, -0.2) is 0 Å². The molecule has 0 saturated carbocycles. The lowest BCUT2D eigenvalue weighted by Crippen LogP contribution is -2.11. The van der Waals surface area contributed by atoms with Crippen molar-refractivity contribution in [3.8, 4) is 0 Å². The van der Waals surface area contributed by atoms with Crippen molar-refractivity contribution in [2.24, 2.45) is 0 Å². The maximum Gasteiger partial charge on any atom is 0.0814 e. The quantitative estimate of drug-likeness (QED) is 0.801. The Morgan fingerprint density at radius 2 is 2.12 bits per heavy atom. The van der Waals surface area contributed by atoms with Crippen molar-refractivity contribution in [1.82, 2.24) is 0 Å². The van der Waals surface area contributed by atoms with E-state index in [1.807, 2.05) is 19.1 Å². The van der Waals surface area contributed by atoms with Gasteiger partial charge in [-0.1, -0.05) is 37.6 Å². The van der Waals surface area contributed by atoms with Crippen LogP contribution in [0.15, 0.2) is 24.3 Å². The summed E-state index contributed by atoms with van der Waals surface area (Å²) in [6.07, 6.45) is 2.51. The van der Waals surface area contributed by atoms with Crippen molar-refractivity contribution in [2.45, 2.75) is 45.3 Å². The third-order valence-electron chi connectivity index (χ3n) is 2.83. The summed E-state index contributed by atoms with van der Waals surface area (Å²) in [5, 5.41) is 10.0. The highest BCUT2D eigenvalue weighted by atomic mass is 16.5. The Bertz CT molecular complexity index is 309. The van der Waals surface area contributed by atoms with Gasteiger partial charge in [-0.2, -0.15) is 0 Å². The summed E-state index contributed by atoms with van der Waals surface area (Å²) in [6, 6.07) is 8.20. The number of aliphatic hydroxyl groups is 1. The Morgan fingerprint density at radius 1 is 1.38 bits per heavy atom. The van der Waals surface area contributed by atoms with Gasteiger partial charge in [0.05, 0.1) is 12.2 Å². The van der Waals surface area contributed by atoms with Gasteiger partial charge in [0.15, 0.2) is 0 Å². The Morgan fingerprint density at radius 3 is 2.75 bits per heavy atom. The van der Waals surface area contributed by atoms with E-state index in [1.165, 1.54) is 5.56 Å². The minimum Gasteiger partial charge on any atom is -0.388 e. The van der Waals surface area contributed by atoms with Crippen LogP contribution in [0, 0.1) is 0 Å². The van der Waals surface area contributed by atoms with E-state index in [-0.39, 0.29) is 6.10 Å². The second-order valence-corrected chi connectivity index (χ2v) is 4.29. The molecule has 1 aromatic carbocycles. The summed E-state index contributed by atoms with van der Waals surface area (Å²) in [5.41, 5.74) is 2.29. The van der Waals surface area contributed by atoms with Crippen LogP contribution in [0.5, 0.6) is 0 Å². The number of hydrogen-bond acceptors (Lipinski definition) is 2. The molecule has 90 valence electrons. The number of hydrogen-bond donors (Lipinski definition) is 1. The minimum atomic E-state index is -0.424. The molecule has 0 heterocycles. The first-order valence-electron chi connectivity index (χ1n) is 5.97. The zero-order valence-corrected chi connectivity index (χ0v) is 10.4. The molecular formula is C14H22O2. The van der Waals surface area contributed by atoms with Crippen LogP contribution >= 0.6 is 0 Å². The van der Waals surface area contributed by atoms with Gasteiger partial charge in [-0.15, -0.1) is 0 Å². The Balaban J connectivity index is 2.67. The highest BCUT2D eigenvalue weighted by Crippen LogP contribution is 2.20. The molecule has 1 aromatic rings. The lowest BCUT2D eigenvalue weighted by atomic mass is 10.00. The molecule has 0 spiro atoms. The molecule has 0 fully saturated rings. The summed E-state index contributed by atoms with van der Waals surface area (Å²) in [6.45, 7) is 4.13. The third-order valence-corrected chi connectivity index (χ3v) is 2.83. The second-order valence-electron chi connectivity index (χ2n) is 4.29. The number of aryl methyl sites for hydroxylation is 1. The molecule has 2 heteroatoms. The molecule has 16 heavy (non-hydrogen) atoms. The monoisotopic (exact) mass is 222 g/mol. The number of aliphatic hydroxyl groups excluding tert-OH is 1. The number of benzene rings is 1. The standard InChI is InChI=1S/C14H22O2/c1-4-6-12-7-5-8-13(10-12)14(15)9-11(2)16-3/h5,7-8,10-11,14-15H,4,6,9H2,1-3H3. The largest absolute Gasteiger partial charge is 0.388 e. The molecule has 0 amide bonds. The van der Waals surface area contributed by atoms with Gasteiger partial charge in [0, 0.05) is 13.5 Å². The fourth-order valence-corrected chi connectivity index (χ4v) is 1.79. The van der Waals surface area contributed by atoms with E-state index in [0.29, 0.717) is 6.42 Å². The van der Waals surface area contributed by atoms with E-state index in [4.69, 9.17) is 4.74 Å². The van der Waals surface area contributed by atoms with E-state index >= 15 is 0 Å². The summed E-state index contributed by atoms with van der Waals surface area (Å²) in [7, 11) is 1.67. The molecular weight excluding hydrogens is 200 g/mol. The van der Waals surface area contributed by atoms with Crippen LogP contribution in [0.3, 0.4) is 0 Å². The first-order valence-corrected chi connectivity index (χ1v) is 5.97. The normalized spacial score (nSPS) is 14.8. The lowest BCUT2D eigenvalue weighted by Gasteiger charge is -2.16. The number of ether oxygens (including phenoxy) is 1. The average Bonchev–Trinajstić information content (AvgIpc) is 2.29. The topological polar surface area (TPSA) is 29.5 Å². The van der Waals surface area contributed by atoms with Gasteiger partial charge in [0.1, 0.15) is 0 Å². The molecule has 2 unspecified atom stereocenters. The van der Waals surface area contributed by atoms with Crippen LogP contribution in [-0.2, 0) is 11.2 Å². The van der Waals surface area contributed by atoms with E-state index in [2.05, 4.69) is 19.1 Å². The zero-order chi connectivity index (χ0) is 12.0. The van der Waals surface area contributed by atoms with E-state index in [0.717, 1.165) is 18.4 Å². The predicted molar refractivity (Wildman–Crippen MR) is 66.5 cm³/mol. The minimum absolute atomic E-state index is 0.0878. The van der Waals surface area contributed by atoms with Crippen molar-refractivity contribution >= 4 is 0 Å². The number of methoxy groups -OCH3 is 1.